The first kappa shape index (κ1) is 8.70. The lowest BCUT2D eigenvalue weighted by Gasteiger charge is -1.97. The van der Waals surface area contributed by atoms with Crippen molar-refractivity contribution in [2.75, 3.05) is 0 Å². The zero-order valence-electron chi connectivity index (χ0n) is 6.46. The summed E-state index contributed by atoms with van der Waals surface area (Å²) in [5.41, 5.74) is 0. The lowest BCUT2D eigenvalue weighted by Crippen LogP contribution is -1.95. The van der Waals surface area contributed by atoms with E-state index in [0.717, 1.165) is 6.42 Å². The Bertz CT molecular complexity index is 82.6. The average Bonchev–Trinajstić information content (AvgIpc) is 1.63. The van der Waals surface area contributed by atoms with E-state index in [4.69, 9.17) is 5.11 Å². The molecule has 0 amide bonds. The quantitative estimate of drug-likeness (QED) is 0.576. The standard InChI is InChI=1S/C8H16O/c1-7(2)5-4-6-8(3)9/h4-5,7-9H,6H2,1-3H3/b5-4+. The second kappa shape index (κ2) is 4.57. The van der Waals surface area contributed by atoms with Crippen LogP contribution in [0.4, 0.5) is 0 Å². The number of allylic oxidation sites excluding steroid dienone is 1. The van der Waals surface area contributed by atoms with Gasteiger partial charge in [0.25, 0.3) is 0 Å². The van der Waals surface area contributed by atoms with Gasteiger partial charge in [-0.3, -0.25) is 0 Å². The van der Waals surface area contributed by atoms with Crippen molar-refractivity contribution in [2.24, 2.45) is 5.92 Å². The van der Waals surface area contributed by atoms with Crippen LogP contribution in [0.25, 0.3) is 0 Å². The lowest BCUT2D eigenvalue weighted by atomic mass is 10.2. The number of aliphatic hydroxyl groups is 1. The summed E-state index contributed by atoms with van der Waals surface area (Å²) in [7, 11) is 0. The van der Waals surface area contributed by atoms with Gasteiger partial charge in [-0.1, -0.05) is 26.0 Å². The highest BCUT2D eigenvalue weighted by Crippen LogP contribution is 1.97. The molecule has 0 heterocycles. The fourth-order valence-electron chi connectivity index (χ4n) is 0.548. The Balaban J connectivity index is 3.25. The van der Waals surface area contributed by atoms with Crippen LogP contribution in [-0.2, 0) is 0 Å². The van der Waals surface area contributed by atoms with E-state index in [2.05, 4.69) is 19.9 Å². The normalized spacial score (nSPS) is 15.2. The van der Waals surface area contributed by atoms with E-state index < -0.39 is 0 Å². The van der Waals surface area contributed by atoms with Crippen molar-refractivity contribution in [3.63, 3.8) is 0 Å². The van der Waals surface area contributed by atoms with E-state index in [-0.39, 0.29) is 6.10 Å². The summed E-state index contributed by atoms with van der Waals surface area (Å²) in [4.78, 5) is 0. The van der Waals surface area contributed by atoms with Crippen LogP contribution < -0.4 is 0 Å². The zero-order chi connectivity index (χ0) is 7.28. The van der Waals surface area contributed by atoms with E-state index in [1.807, 2.05) is 6.08 Å². The maximum atomic E-state index is 8.81. The number of hydrogen-bond donors (Lipinski definition) is 1. The van der Waals surface area contributed by atoms with E-state index in [0.29, 0.717) is 5.92 Å². The summed E-state index contributed by atoms with van der Waals surface area (Å²) in [5, 5.41) is 8.81. The Labute approximate surface area is 57.4 Å². The van der Waals surface area contributed by atoms with Crippen molar-refractivity contribution >= 4 is 0 Å². The van der Waals surface area contributed by atoms with Gasteiger partial charge in [0, 0.05) is 0 Å². The van der Waals surface area contributed by atoms with Crippen molar-refractivity contribution in [2.45, 2.75) is 33.3 Å². The van der Waals surface area contributed by atoms with Gasteiger partial charge in [-0.25, -0.2) is 0 Å². The first-order valence-corrected chi connectivity index (χ1v) is 3.47. The molecule has 0 saturated heterocycles. The molecule has 0 radical (unpaired) electrons. The molecule has 0 aromatic rings. The molecule has 9 heavy (non-hydrogen) atoms. The summed E-state index contributed by atoms with van der Waals surface area (Å²) in [5.74, 6) is 0.601. The van der Waals surface area contributed by atoms with Crippen molar-refractivity contribution in [1.82, 2.24) is 0 Å². The molecule has 1 atom stereocenters. The minimum absolute atomic E-state index is 0.194. The van der Waals surface area contributed by atoms with E-state index >= 15 is 0 Å². The van der Waals surface area contributed by atoms with Gasteiger partial charge in [0.15, 0.2) is 0 Å². The molecule has 1 heteroatoms. The fraction of sp³-hybridized carbons (Fsp3) is 0.750. The number of rotatable bonds is 3. The Kier molecular flexibility index (Phi) is 4.41. The van der Waals surface area contributed by atoms with Crippen LogP contribution in [0.1, 0.15) is 27.2 Å². The minimum Gasteiger partial charge on any atom is -0.393 e. The molecule has 1 N–H and O–H groups in total. The van der Waals surface area contributed by atoms with Gasteiger partial charge in [-0.15, -0.1) is 0 Å². The zero-order valence-corrected chi connectivity index (χ0v) is 6.46. The van der Waals surface area contributed by atoms with E-state index in [1.54, 1.807) is 6.92 Å². The van der Waals surface area contributed by atoms with Gasteiger partial charge < -0.3 is 5.11 Å². The Hall–Kier alpha value is -0.300. The fourth-order valence-corrected chi connectivity index (χ4v) is 0.548. The topological polar surface area (TPSA) is 20.2 Å². The second-order valence-corrected chi connectivity index (χ2v) is 2.76. The average molecular weight is 128 g/mol. The molecule has 0 aromatic heterocycles. The molecule has 1 unspecified atom stereocenters. The molecule has 0 fully saturated rings. The lowest BCUT2D eigenvalue weighted by molar-refractivity contribution is 0.198. The summed E-state index contributed by atoms with van der Waals surface area (Å²) in [6, 6.07) is 0. The van der Waals surface area contributed by atoms with Crippen LogP contribution in [0.5, 0.6) is 0 Å². The van der Waals surface area contributed by atoms with Gasteiger partial charge >= 0.3 is 0 Å². The van der Waals surface area contributed by atoms with Crippen LogP contribution in [0.2, 0.25) is 0 Å². The summed E-state index contributed by atoms with van der Waals surface area (Å²) >= 11 is 0. The number of aliphatic hydroxyl groups excluding tert-OH is 1. The van der Waals surface area contributed by atoms with Crippen molar-refractivity contribution in [3.05, 3.63) is 12.2 Å². The molecular weight excluding hydrogens is 112 g/mol. The largest absolute Gasteiger partial charge is 0.393 e. The third kappa shape index (κ3) is 7.70. The monoisotopic (exact) mass is 128 g/mol. The van der Waals surface area contributed by atoms with Crippen LogP contribution in [0.3, 0.4) is 0 Å². The van der Waals surface area contributed by atoms with Crippen molar-refractivity contribution in [1.29, 1.82) is 0 Å². The van der Waals surface area contributed by atoms with E-state index in [9.17, 15) is 0 Å². The Morgan fingerprint density at radius 1 is 1.33 bits per heavy atom. The van der Waals surface area contributed by atoms with Gasteiger partial charge in [0.05, 0.1) is 6.10 Å². The summed E-state index contributed by atoms with van der Waals surface area (Å²) in [6.07, 6.45) is 4.71. The maximum absolute atomic E-state index is 8.81. The van der Waals surface area contributed by atoms with Crippen LogP contribution in [0, 0.1) is 5.92 Å². The highest BCUT2D eigenvalue weighted by Gasteiger charge is 1.89. The molecule has 0 spiro atoms. The molecule has 0 aliphatic carbocycles. The van der Waals surface area contributed by atoms with Crippen LogP contribution >= 0.6 is 0 Å². The molecule has 0 aliphatic heterocycles. The first-order valence-electron chi connectivity index (χ1n) is 3.47. The molecule has 0 aromatic carbocycles. The van der Waals surface area contributed by atoms with Gasteiger partial charge in [0.2, 0.25) is 0 Å². The minimum atomic E-state index is -0.194. The third-order valence-electron chi connectivity index (χ3n) is 0.998. The molecule has 1 nitrogen and oxygen atoms in total. The Morgan fingerprint density at radius 2 is 1.89 bits per heavy atom. The maximum Gasteiger partial charge on any atom is 0.0546 e. The number of hydrogen-bond acceptors (Lipinski definition) is 1. The summed E-state index contributed by atoms with van der Waals surface area (Å²) in [6.45, 7) is 6.04. The highest BCUT2D eigenvalue weighted by atomic mass is 16.3. The third-order valence-corrected chi connectivity index (χ3v) is 0.998. The van der Waals surface area contributed by atoms with Crippen molar-refractivity contribution < 1.29 is 5.11 Å². The summed E-state index contributed by atoms with van der Waals surface area (Å²) < 4.78 is 0. The molecule has 0 aliphatic rings. The predicted molar refractivity (Wildman–Crippen MR) is 40.3 cm³/mol. The van der Waals surface area contributed by atoms with Gasteiger partial charge in [-0.05, 0) is 19.3 Å². The molecule has 54 valence electrons. The van der Waals surface area contributed by atoms with Crippen LogP contribution in [-0.4, -0.2) is 11.2 Å². The first-order chi connectivity index (χ1) is 4.13. The molecule has 0 bridgehead atoms. The van der Waals surface area contributed by atoms with Gasteiger partial charge in [0.1, 0.15) is 0 Å². The smallest absolute Gasteiger partial charge is 0.0546 e. The highest BCUT2D eigenvalue weighted by molar-refractivity contribution is 4.85. The molecular formula is C8H16O. The SMILES string of the molecule is CC(C)/C=C/CC(C)O. The van der Waals surface area contributed by atoms with Gasteiger partial charge in [-0.2, -0.15) is 0 Å². The predicted octanol–water partition coefficient (Wildman–Crippen LogP) is 1.97. The second-order valence-electron chi connectivity index (χ2n) is 2.76. The van der Waals surface area contributed by atoms with Crippen molar-refractivity contribution in [3.8, 4) is 0 Å². The Morgan fingerprint density at radius 3 is 2.22 bits per heavy atom. The molecule has 0 saturated carbocycles. The van der Waals surface area contributed by atoms with E-state index in [1.165, 1.54) is 0 Å². The van der Waals surface area contributed by atoms with Crippen LogP contribution in [0.15, 0.2) is 12.2 Å². The molecule has 0 rings (SSSR count).